The molecule has 1 fully saturated rings. The van der Waals surface area contributed by atoms with Crippen molar-refractivity contribution in [1.82, 2.24) is 4.90 Å². The van der Waals surface area contributed by atoms with E-state index in [0.29, 0.717) is 0 Å². The van der Waals surface area contributed by atoms with E-state index in [1.807, 2.05) is 25.7 Å². The lowest BCUT2D eigenvalue weighted by Crippen LogP contribution is -2.44. The van der Waals surface area contributed by atoms with Crippen LogP contribution in [0.1, 0.15) is 20.8 Å². The minimum Gasteiger partial charge on any atom is -0.379 e. The van der Waals surface area contributed by atoms with Crippen LogP contribution in [0.5, 0.6) is 0 Å². The second-order valence-electron chi connectivity index (χ2n) is 3.71. The summed E-state index contributed by atoms with van der Waals surface area (Å²) in [6, 6.07) is 0. The quantitative estimate of drug-likeness (QED) is 0.651. The van der Waals surface area contributed by atoms with Gasteiger partial charge in [-0.2, -0.15) is 0 Å². The Hall–Kier alpha value is -0.380. The molecule has 3 heteroatoms. The number of nitrogens with zero attached hydrogens (tertiary/aromatic N) is 1. The van der Waals surface area contributed by atoms with Crippen molar-refractivity contribution in [3.05, 3.63) is 11.1 Å². The zero-order chi connectivity index (χ0) is 9.84. The van der Waals surface area contributed by atoms with Crippen LogP contribution < -0.4 is 0 Å². The monoisotopic (exact) mass is 185 g/mol. The molecule has 1 saturated heterocycles. The van der Waals surface area contributed by atoms with Crippen molar-refractivity contribution in [2.45, 2.75) is 27.0 Å². The number of hydrogen-bond acceptors (Lipinski definition) is 3. The van der Waals surface area contributed by atoms with Gasteiger partial charge < -0.3 is 9.84 Å². The Bertz CT molecular complexity index is 191. The third kappa shape index (κ3) is 2.79. The van der Waals surface area contributed by atoms with Crippen molar-refractivity contribution >= 4 is 0 Å². The average molecular weight is 185 g/mol. The van der Waals surface area contributed by atoms with Gasteiger partial charge in [0.25, 0.3) is 0 Å². The fraction of sp³-hybridized carbons (Fsp3) is 0.800. The third-order valence-electron chi connectivity index (χ3n) is 2.57. The van der Waals surface area contributed by atoms with Crippen LogP contribution in [0.3, 0.4) is 0 Å². The smallest absolute Gasteiger partial charge is 0.129 e. The van der Waals surface area contributed by atoms with Gasteiger partial charge in [0, 0.05) is 13.1 Å². The van der Waals surface area contributed by atoms with E-state index >= 15 is 0 Å². The van der Waals surface area contributed by atoms with Gasteiger partial charge in [0.15, 0.2) is 0 Å². The second-order valence-corrected chi connectivity index (χ2v) is 3.71. The van der Waals surface area contributed by atoms with Crippen LogP contribution >= 0.6 is 0 Å². The summed E-state index contributed by atoms with van der Waals surface area (Å²) in [6.07, 6.45) is -0.422. The molecule has 1 unspecified atom stereocenters. The first-order valence-electron chi connectivity index (χ1n) is 4.76. The standard InChI is InChI=1S/C10H19NO2/c1-8(2)9(3)10(12)11-4-6-13-7-5-11/h10,12H,4-7H2,1-3H3. The summed E-state index contributed by atoms with van der Waals surface area (Å²) in [5.41, 5.74) is 2.25. The fourth-order valence-corrected chi connectivity index (χ4v) is 1.35. The number of rotatable bonds is 2. The molecule has 1 aliphatic rings. The number of aliphatic hydroxyl groups excluding tert-OH is 1. The highest BCUT2D eigenvalue weighted by atomic mass is 16.5. The molecule has 13 heavy (non-hydrogen) atoms. The summed E-state index contributed by atoms with van der Waals surface area (Å²) in [6.45, 7) is 9.14. The van der Waals surface area contributed by atoms with Gasteiger partial charge in [-0.1, -0.05) is 5.57 Å². The SMILES string of the molecule is CC(C)=C(C)C(O)N1CCOCC1. The van der Waals surface area contributed by atoms with E-state index in [4.69, 9.17) is 4.74 Å². The molecule has 1 rings (SSSR count). The van der Waals surface area contributed by atoms with E-state index in [9.17, 15) is 5.11 Å². The first-order valence-corrected chi connectivity index (χ1v) is 4.76. The second kappa shape index (κ2) is 4.74. The molecule has 0 amide bonds. The predicted molar refractivity (Wildman–Crippen MR) is 52.4 cm³/mol. The highest BCUT2D eigenvalue weighted by Crippen LogP contribution is 2.13. The summed E-state index contributed by atoms with van der Waals surface area (Å²) in [4.78, 5) is 2.05. The van der Waals surface area contributed by atoms with Crippen molar-refractivity contribution in [3.8, 4) is 0 Å². The topological polar surface area (TPSA) is 32.7 Å². The zero-order valence-electron chi connectivity index (χ0n) is 8.71. The molecule has 0 aliphatic carbocycles. The van der Waals surface area contributed by atoms with Gasteiger partial charge >= 0.3 is 0 Å². The highest BCUT2D eigenvalue weighted by Gasteiger charge is 2.19. The molecule has 1 N–H and O–H groups in total. The van der Waals surface area contributed by atoms with E-state index < -0.39 is 6.23 Å². The molecule has 0 aromatic carbocycles. The molecular weight excluding hydrogens is 166 g/mol. The lowest BCUT2D eigenvalue weighted by Gasteiger charge is -2.32. The molecule has 0 saturated carbocycles. The van der Waals surface area contributed by atoms with Crippen LogP contribution in [-0.4, -0.2) is 42.5 Å². The summed E-state index contributed by atoms with van der Waals surface area (Å²) >= 11 is 0. The van der Waals surface area contributed by atoms with E-state index in [1.54, 1.807) is 0 Å². The van der Waals surface area contributed by atoms with E-state index in [1.165, 1.54) is 5.57 Å². The van der Waals surface area contributed by atoms with Gasteiger partial charge in [0.1, 0.15) is 6.23 Å². The molecule has 1 atom stereocenters. The maximum Gasteiger partial charge on any atom is 0.129 e. The van der Waals surface area contributed by atoms with E-state index in [0.717, 1.165) is 31.9 Å². The first-order chi connectivity index (χ1) is 6.13. The van der Waals surface area contributed by atoms with Gasteiger partial charge in [-0.15, -0.1) is 0 Å². The third-order valence-corrected chi connectivity index (χ3v) is 2.57. The number of allylic oxidation sites excluding steroid dienone is 1. The molecule has 0 spiro atoms. The first kappa shape index (κ1) is 10.7. The summed E-state index contributed by atoms with van der Waals surface area (Å²) in [7, 11) is 0. The van der Waals surface area contributed by atoms with Crippen LogP contribution in [-0.2, 0) is 4.74 Å². The Morgan fingerprint density at radius 1 is 1.23 bits per heavy atom. The maximum absolute atomic E-state index is 9.93. The molecule has 0 radical (unpaired) electrons. The Labute approximate surface area is 80.0 Å². The molecular formula is C10H19NO2. The Balaban J connectivity index is 2.55. The molecule has 76 valence electrons. The van der Waals surface area contributed by atoms with Gasteiger partial charge in [-0.05, 0) is 26.3 Å². The summed E-state index contributed by atoms with van der Waals surface area (Å²) in [5.74, 6) is 0. The molecule has 0 bridgehead atoms. The van der Waals surface area contributed by atoms with Gasteiger partial charge in [-0.3, -0.25) is 4.90 Å². The number of hydrogen-bond donors (Lipinski definition) is 1. The summed E-state index contributed by atoms with van der Waals surface area (Å²) < 4.78 is 5.22. The molecule has 1 aliphatic heterocycles. The minimum absolute atomic E-state index is 0.422. The van der Waals surface area contributed by atoms with Crippen molar-refractivity contribution < 1.29 is 9.84 Å². The van der Waals surface area contributed by atoms with Crippen molar-refractivity contribution in [1.29, 1.82) is 0 Å². The largest absolute Gasteiger partial charge is 0.379 e. The fourth-order valence-electron chi connectivity index (χ4n) is 1.35. The van der Waals surface area contributed by atoms with Crippen molar-refractivity contribution in [3.63, 3.8) is 0 Å². The number of ether oxygens (including phenoxy) is 1. The highest BCUT2D eigenvalue weighted by molar-refractivity contribution is 5.11. The minimum atomic E-state index is -0.422. The van der Waals surface area contributed by atoms with Gasteiger partial charge in [0.05, 0.1) is 13.2 Å². The zero-order valence-corrected chi connectivity index (χ0v) is 8.71. The van der Waals surface area contributed by atoms with E-state index in [2.05, 4.69) is 0 Å². The predicted octanol–water partition coefficient (Wildman–Crippen LogP) is 0.993. The summed E-state index contributed by atoms with van der Waals surface area (Å²) in [5, 5.41) is 9.93. The van der Waals surface area contributed by atoms with Crippen LogP contribution in [0.15, 0.2) is 11.1 Å². The van der Waals surface area contributed by atoms with E-state index in [-0.39, 0.29) is 0 Å². The van der Waals surface area contributed by atoms with Crippen LogP contribution in [0.2, 0.25) is 0 Å². The normalized spacial score (nSPS) is 21.2. The lowest BCUT2D eigenvalue weighted by molar-refractivity contribution is -0.0412. The number of aliphatic hydroxyl groups is 1. The van der Waals surface area contributed by atoms with Crippen molar-refractivity contribution in [2.24, 2.45) is 0 Å². The van der Waals surface area contributed by atoms with Crippen molar-refractivity contribution in [2.75, 3.05) is 26.3 Å². The Morgan fingerprint density at radius 2 is 1.77 bits per heavy atom. The molecule has 0 aromatic rings. The molecule has 3 nitrogen and oxygen atoms in total. The maximum atomic E-state index is 9.93. The van der Waals surface area contributed by atoms with Gasteiger partial charge in [0.2, 0.25) is 0 Å². The average Bonchev–Trinajstić information content (AvgIpc) is 2.17. The molecule has 1 heterocycles. The number of morpholine rings is 1. The Morgan fingerprint density at radius 3 is 2.23 bits per heavy atom. The van der Waals surface area contributed by atoms with Crippen LogP contribution in [0.25, 0.3) is 0 Å². The van der Waals surface area contributed by atoms with Gasteiger partial charge in [-0.25, -0.2) is 0 Å². The van der Waals surface area contributed by atoms with Crippen LogP contribution in [0.4, 0.5) is 0 Å². The molecule has 0 aromatic heterocycles. The lowest BCUT2D eigenvalue weighted by atomic mass is 10.1. The Kier molecular flexibility index (Phi) is 3.90. The van der Waals surface area contributed by atoms with Crippen LogP contribution in [0, 0.1) is 0 Å².